The van der Waals surface area contributed by atoms with Crippen LogP contribution in [0.3, 0.4) is 0 Å². The summed E-state index contributed by atoms with van der Waals surface area (Å²) in [7, 11) is 1.77. The van der Waals surface area contributed by atoms with Crippen molar-refractivity contribution >= 4 is 5.91 Å². The normalized spacial score (nSPS) is 27.3. The molecule has 2 rings (SSSR count). The van der Waals surface area contributed by atoms with Crippen molar-refractivity contribution in [1.82, 2.24) is 5.32 Å². The van der Waals surface area contributed by atoms with Crippen molar-refractivity contribution < 1.29 is 9.28 Å². The average Bonchev–Trinajstić information content (AvgIpc) is 2.90. The molecule has 0 aromatic heterocycles. The van der Waals surface area contributed by atoms with Gasteiger partial charge in [-0.25, -0.2) is 0 Å². The number of nitrogens with one attached hydrogen (secondary N) is 1. The van der Waals surface area contributed by atoms with Crippen LogP contribution in [0, 0.1) is 0 Å². The van der Waals surface area contributed by atoms with Gasteiger partial charge in [0.2, 0.25) is 0 Å². The van der Waals surface area contributed by atoms with Crippen LogP contribution in [0.2, 0.25) is 0 Å². The Balaban J connectivity index is 2.23. The highest BCUT2D eigenvalue weighted by molar-refractivity contribution is 5.87. The lowest BCUT2D eigenvalue weighted by molar-refractivity contribution is -0.940. The van der Waals surface area contributed by atoms with Gasteiger partial charge in [-0.1, -0.05) is 0 Å². The van der Waals surface area contributed by atoms with E-state index in [1.807, 2.05) is 0 Å². The number of quaternary nitrogens is 1. The van der Waals surface area contributed by atoms with E-state index in [2.05, 4.69) is 12.2 Å². The maximum absolute atomic E-state index is 11.9. The molecular weight excluding hydrogens is 176 g/mol. The number of carbonyl (C=O) groups excluding carboxylic acids is 1. The third-order valence-corrected chi connectivity index (χ3v) is 4.31. The average molecular weight is 197 g/mol. The summed E-state index contributed by atoms with van der Waals surface area (Å²) in [6, 6.07) is 0. The number of hydrogen-bond donors (Lipinski definition) is 1. The SMILES string of the molecule is CC[N+]1(C2(C(=O)NC)CC2)CCCC1. The Bertz CT molecular complexity index is 240. The van der Waals surface area contributed by atoms with Crippen LogP contribution in [0.1, 0.15) is 32.6 Å². The van der Waals surface area contributed by atoms with E-state index in [1.165, 1.54) is 25.9 Å². The molecule has 1 N–H and O–H groups in total. The van der Waals surface area contributed by atoms with Crippen LogP contribution >= 0.6 is 0 Å². The summed E-state index contributed by atoms with van der Waals surface area (Å²) < 4.78 is 1.06. The minimum absolute atomic E-state index is 0.0278. The van der Waals surface area contributed by atoms with Gasteiger partial charge in [0.1, 0.15) is 0 Å². The van der Waals surface area contributed by atoms with Crippen LogP contribution in [0.4, 0.5) is 0 Å². The van der Waals surface area contributed by atoms with Gasteiger partial charge in [0.15, 0.2) is 5.54 Å². The van der Waals surface area contributed by atoms with Gasteiger partial charge in [0, 0.05) is 32.7 Å². The Hall–Kier alpha value is -0.570. The van der Waals surface area contributed by atoms with Crippen molar-refractivity contribution in [1.29, 1.82) is 0 Å². The van der Waals surface area contributed by atoms with Crippen LogP contribution in [0.15, 0.2) is 0 Å². The first-order valence-electron chi connectivity index (χ1n) is 5.79. The predicted molar refractivity (Wildman–Crippen MR) is 55.8 cm³/mol. The van der Waals surface area contributed by atoms with Crippen LogP contribution in [-0.2, 0) is 4.79 Å². The second kappa shape index (κ2) is 3.23. The van der Waals surface area contributed by atoms with Crippen LogP contribution in [0.5, 0.6) is 0 Å². The molecule has 3 heteroatoms. The summed E-state index contributed by atoms with van der Waals surface area (Å²) in [5.41, 5.74) is -0.0278. The van der Waals surface area contributed by atoms with Gasteiger partial charge < -0.3 is 9.80 Å². The Morgan fingerprint density at radius 2 is 1.93 bits per heavy atom. The number of amides is 1. The fraction of sp³-hybridized carbons (Fsp3) is 0.909. The van der Waals surface area contributed by atoms with E-state index in [-0.39, 0.29) is 11.4 Å². The third kappa shape index (κ3) is 1.11. The van der Waals surface area contributed by atoms with Gasteiger partial charge in [-0.2, -0.15) is 0 Å². The molecule has 0 spiro atoms. The van der Waals surface area contributed by atoms with Crippen molar-refractivity contribution in [2.24, 2.45) is 0 Å². The first-order chi connectivity index (χ1) is 6.71. The minimum Gasteiger partial charge on any atom is -0.354 e. The van der Waals surface area contributed by atoms with Gasteiger partial charge in [-0.3, -0.25) is 4.79 Å². The van der Waals surface area contributed by atoms with Crippen molar-refractivity contribution in [2.45, 2.75) is 38.1 Å². The highest BCUT2D eigenvalue weighted by Crippen LogP contribution is 2.49. The van der Waals surface area contributed by atoms with E-state index < -0.39 is 0 Å². The monoisotopic (exact) mass is 197 g/mol. The van der Waals surface area contributed by atoms with Crippen molar-refractivity contribution in [2.75, 3.05) is 26.7 Å². The molecule has 1 aliphatic heterocycles. The van der Waals surface area contributed by atoms with Crippen LogP contribution < -0.4 is 5.32 Å². The molecular formula is C11H21N2O+. The second-order valence-electron chi connectivity index (χ2n) is 4.73. The molecule has 1 amide bonds. The van der Waals surface area contributed by atoms with Crippen molar-refractivity contribution in [3.8, 4) is 0 Å². The topological polar surface area (TPSA) is 29.1 Å². The molecule has 80 valence electrons. The molecule has 3 nitrogen and oxygen atoms in total. The van der Waals surface area contributed by atoms with Crippen molar-refractivity contribution in [3.63, 3.8) is 0 Å². The largest absolute Gasteiger partial charge is 0.354 e. The lowest BCUT2D eigenvalue weighted by Gasteiger charge is -2.40. The Morgan fingerprint density at radius 1 is 1.36 bits per heavy atom. The quantitative estimate of drug-likeness (QED) is 0.669. The standard InChI is InChI=1S/C11H20N2O/c1-3-13(8-4-5-9-13)11(6-7-11)10(14)12-2/h3-9H2,1-2H3/p+1. The maximum Gasteiger partial charge on any atom is 0.281 e. The summed E-state index contributed by atoms with van der Waals surface area (Å²) in [5.74, 6) is 0.279. The summed E-state index contributed by atoms with van der Waals surface area (Å²) in [6.45, 7) is 5.77. The van der Waals surface area contributed by atoms with Gasteiger partial charge in [0.25, 0.3) is 5.91 Å². The molecule has 2 aliphatic rings. The van der Waals surface area contributed by atoms with Gasteiger partial charge in [0.05, 0.1) is 19.6 Å². The molecule has 0 radical (unpaired) electrons. The number of hydrogen-bond acceptors (Lipinski definition) is 1. The summed E-state index contributed by atoms with van der Waals surface area (Å²) in [4.78, 5) is 11.9. The van der Waals surface area contributed by atoms with Crippen LogP contribution in [0.25, 0.3) is 0 Å². The van der Waals surface area contributed by atoms with Gasteiger partial charge in [-0.05, 0) is 6.92 Å². The molecule has 2 fully saturated rings. The fourth-order valence-electron chi connectivity index (χ4n) is 3.26. The van der Waals surface area contributed by atoms with Gasteiger partial charge in [-0.15, -0.1) is 0 Å². The summed E-state index contributed by atoms with van der Waals surface area (Å²) >= 11 is 0. The Kier molecular flexibility index (Phi) is 2.30. The number of rotatable bonds is 3. The molecule has 1 heterocycles. The Labute approximate surface area is 86.1 Å². The molecule has 0 aromatic carbocycles. The second-order valence-corrected chi connectivity index (χ2v) is 4.73. The van der Waals surface area contributed by atoms with Crippen LogP contribution in [-0.4, -0.2) is 42.6 Å². The number of likely N-dealkylation sites (N-methyl/N-ethyl adjacent to an activating group) is 2. The number of likely N-dealkylation sites (tertiary alicyclic amines) is 1. The molecule has 1 aliphatic carbocycles. The minimum atomic E-state index is -0.0278. The zero-order chi connectivity index (χ0) is 10.2. The number of nitrogens with zero attached hydrogens (tertiary/aromatic N) is 1. The smallest absolute Gasteiger partial charge is 0.281 e. The Morgan fingerprint density at radius 3 is 2.29 bits per heavy atom. The molecule has 1 saturated carbocycles. The van der Waals surface area contributed by atoms with E-state index >= 15 is 0 Å². The molecule has 0 atom stereocenters. The first kappa shape index (κ1) is 9.97. The van der Waals surface area contributed by atoms with E-state index in [0.717, 1.165) is 23.9 Å². The first-order valence-corrected chi connectivity index (χ1v) is 5.79. The lowest BCUT2D eigenvalue weighted by Crippen LogP contribution is -2.61. The van der Waals surface area contributed by atoms with E-state index in [1.54, 1.807) is 7.05 Å². The molecule has 14 heavy (non-hydrogen) atoms. The maximum atomic E-state index is 11.9. The zero-order valence-electron chi connectivity index (χ0n) is 9.31. The molecule has 1 saturated heterocycles. The molecule has 0 unspecified atom stereocenters. The third-order valence-electron chi connectivity index (χ3n) is 4.31. The van der Waals surface area contributed by atoms with E-state index in [9.17, 15) is 4.79 Å². The van der Waals surface area contributed by atoms with Crippen molar-refractivity contribution in [3.05, 3.63) is 0 Å². The summed E-state index contributed by atoms with van der Waals surface area (Å²) in [6.07, 6.45) is 4.79. The number of carbonyl (C=O) groups is 1. The fourth-order valence-corrected chi connectivity index (χ4v) is 3.26. The summed E-state index contributed by atoms with van der Waals surface area (Å²) in [5, 5.41) is 2.85. The van der Waals surface area contributed by atoms with E-state index in [0.29, 0.717) is 0 Å². The lowest BCUT2D eigenvalue weighted by atomic mass is 10.1. The zero-order valence-corrected chi connectivity index (χ0v) is 9.31. The predicted octanol–water partition coefficient (Wildman–Crippen LogP) is 0.895. The highest BCUT2D eigenvalue weighted by Gasteiger charge is 2.65. The molecule has 0 aromatic rings. The van der Waals surface area contributed by atoms with E-state index in [4.69, 9.17) is 0 Å². The van der Waals surface area contributed by atoms with Gasteiger partial charge >= 0.3 is 0 Å². The highest BCUT2D eigenvalue weighted by atomic mass is 16.2. The molecule has 0 bridgehead atoms.